The summed E-state index contributed by atoms with van der Waals surface area (Å²) in [5, 5.41) is 0. The molecule has 0 radical (unpaired) electrons. The number of carbonyl (C=O) groups is 2. The first-order chi connectivity index (χ1) is 17.5. The molecular formula is C27H28N2O8. The summed E-state index contributed by atoms with van der Waals surface area (Å²) in [5.74, 6) is 7.11. The second kappa shape index (κ2) is 11.3. The quantitative estimate of drug-likeness (QED) is 0.458. The monoisotopic (exact) mass is 508 g/mol. The van der Waals surface area contributed by atoms with E-state index in [1.54, 1.807) is 45.0 Å². The van der Waals surface area contributed by atoms with Gasteiger partial charge in [0.25, 0.3) is 5.56 Å². The lowest BCUT2D eigenvalue weighted by molar-refractivity contribution is -0.166. The summed E-state index contributed by atoms with van der Waals surface area (Å²) in [6, 6.07) is 10.0. The predicted molar refractivity (Wildman–Crippen MR) is 132 cm³/mol. The summed E-state index contributed by atoms with van der Waals surface area (Å²) >= 11 is 0. The van der Waals surface area contributed by atoms with E-state index in [-0.39, 0.29) is 13.2 Å². The van der Waals surface area contributed by atoms with E-state index in [9.17, 15) is 19.2 Å². The van der Waals surface area contributed by atoms with Gasteiger partial charge < -0.3 is 18.9 Å². The van der Waals surface area contributed by atoms with E-state index in [2.05, 4.69) is 22.7 Å². The molecular weight excluding hydrogens is 480 g/mol. The number of esters is 2. The van der Waals surface area contributed by atoms with Crippen LogP contribution in [0.3, 0.4) is 0 Å². The highest BCUT2D eigenvalue weighted by Crippen LogP contribution is 2.42. The van der Waals surface area contributed by atoms with Gasteiger partial charge in [-0.25, -0.2) is 4.79 Å². The van der Waals surface area contributed by atoms with Gasteiger partial charge >= 0.3 is 17.6 Å². The van der Waals surface area contributed by atoms with Crippen molar-refractivity contribution in [1.82, 2.24) is 9.55 Å². The molecule has 1 N–H and O–H groups in total. The van der Waals surface area contributed by atoms with E-state index < -0.39 is 52.6 Å². The first-order valence-electron chi connectivity index (χ1n) is 11.4. The van der Waals surface area contributed by atoms with E-state index in [0.717, 1.165) is 10.6 Å². The molecule has 0 spiro atoms. The highest BCUT2D eigenvalue weighted by atomic mass is 16.7. The average Bonchev–Trinajstić information content (AvgIpc) is 3.12. The minimum atomic E-state index is -1.76. The van der Waals surface area contributed by atoms with E-state index >= 15 is 0 Å². The van der Waals surface area contributed by atoms with Gasteiger partial charge in [0.05, 0.1) is 5.41 Å². The zero-order chi connectivity index (χ0) is 27.2. The lowest BCUT2D eigenvalue weighted by atomic mass is 9.91. The van der Waals surface area contributed by atoms with Crippen LogP contribution in [-0.4, -0.2) is 52.5 Å². The molecule has 1 saturated heterocycles. The number of nitrogens with zero attached hydrogens (tertiary/aromatic N) is 1. The van der Waals surface area contributed by atoms with Gasteiger partial charge in [-0.05, 0) is 32.9 Å². The van der Waals surface area contributed by atoms with Crippen LogP contribution in [0.15, 0.2) is 52.2 Å². The van der Waals surface area contributed by atoms with Gasteiger partial charge in [0, 0.05) is 24.8 Å². The maximum atomic E-state index is 12.7. The molecule has 0 bridgehead atoms. The summed E-state index contributed by atoms with van der Waals surface area (Å²) in [6.45, 7) is 5.62. The zero-order valence-corrected chi connectivity index (χ0v) is 21.0. The van der Waals surface area contributed by atoms with Gasteiger partial charge in [0.1, 0.15) is 19.3 Å². The Hall–Kier alpha value is -4.12. The first kappa shape index (κ1) is 27.5. The number of terminal acetylenes is 1. The van der Waals surface area contributed by atoms with Crippen molar-refractivity contribution in [2.45, 2.75) is 51.7 Å². The summed E-state index contributed by atoms with van der Waals surface area (Å²) in [7, 11) is 0. The normalized spacial score (nSPS) is 22.8. The molecule has 37 heavy (non-hydrogen) atoms. The molecule has 3 rings (SSSR count). The Morgan fingerprint density at radius 1 is 1.19 bits per heavy atom. The van der Waals surface area contributed by atoms with E-state index in [4.69, 9.17) is 25.4 Å². The van der Waals surface area contributed by atoms with Crippen LogP contribution in [0.5, 0.6) is 0 Å². The first-order valence-corrected chi connectivity index (χ1v) is 11.4. The van der Waals surface area contributed by atoms with Gasteiger partial charge in [-0.2, -0.15) is 0 Å². The van der Waals surface area contributed by atoms with Crippen LogP contribution in [0.2, 0.25) is 0 Å². The fourth-order valence-corrected chi connectivity index (χ4v) is 3.65. The molecule has 0 saturated carbocycles. The Kier molecular flexibility index (Phi) is 8.38. The molecule has 1 aliphatic rings. The number of ether oxygens (including phenoxy) is 4. The number of hydrogen-bond donors (Lipinski definition) is 1. The fourth-order valence-electron chi connectivity index (χ4n) is 3.65. The van der Waals surface area contributed by atoms with Crippen LogP contribution in [0.1, 0.15) is 39.5 Å². The Labute approximate surface area is 213 Å². The molecule has 0 aliphatic carbocycles. The van der Waals surface area contributed by atoms with Crippen LogP contribution in [0.25, 0.3) is 0 Å². The summed E-state index contributed by atoms with van der Waals surface area (Å²) < 4.78 is 24.3. The Bertz CT molecular complexity index is 1350. The lowest BCUT2D eigenvalue weighted by Crippen LogP contribution is -2.53. The number of carbonyl (C=O) groups excluding carboxylic acids is 2. The molecule has 10 heteroatoms. The van der Waals surface area contributed by atoms with Crippen molar-refractivity contribution in [3.05, 3.63) is 69.0 Å². The van der Waals surface area contributed by atoms with Gasteiger partial charge in [-0.3, -0.25) is 23.9 Å². The molecule has 1 aliphatic heterocycles. The van der Waals surface area contributed by atoms with Crippen molar-refractivity contribution in [2.24, 2.45) is 5.41 Å². The second-order valence-electron chi connectivity index (χ2n) is 9.31. The van der Waals surface area contributed by atoms with Crippen molar-refractivity contribution in [3.63, 3.8) is 0 Å². The second-order valence-corrected chi connectivity index (χ2v) is 9.31. The predicted octanol–water partition coefficient (Wildman–Crippen LogP) is 1.40. The number of rotatable bonds is 6. The molecule has 1 fully saturated rings. The lowest BCUT2D eigenvalue weighted by Gasteiger charge is -2.33. The topological polar surface area (TPSA) is 126 Å². The molecule has 2 heterocycles. The Morgan fingerprint density at radius 2 is 1.89 bits per heavy atom. The van der Waals surface area contributed by atoms with Crippen molar-refractivity contribution < 1.29 is 28.5 Å². The molecule has 10 nitrogen and oxygen atoms in total. The Balaban J connectivity index is 2.19. The van der Waals surface area contributed by atoms with E-state index in [0.29, 0.717) is 5.56 Å². The minimum absolute atomic E-state index is 0.262. The molecule has 194 valence electrons. The third-order valence-corrected chi connectivity index (χ3v) is 5.43. The van der Waals surface area contributed by atoms with Crippen LogP contribution >= 0.6 is 0 Å². The van der Waals surface area contributed by atoms with Crippen LogP contribution < -0.4 is 11.2 Å². The molecule has 0 amide bonds. The van der Waals surface area contributed by atoms with Crippen molar-refractivity contribution in [3.8, 4) is 24.2 Å². The summed E-state index contributed by atoms with van der Waals surface area (Å²) in [5.41, 5.74) is -3.41. The number of H-pyrrole nitrogens is 1. The standard InChI is InChI=1S/C27H28N2O8/c1-6-16-35-27(14-12-19-10-8-7-9-11-19)20(17-34-24(32)26(3,4)5)37-23(22(27)36-18(2)30)29-15-13-21(31)28-25(29)33/h1,7-11,13,15,20,22-23H,16-17H2,2-5H3,(H,28,31,33)/t20-,22+,23-,27-/m1/s1. The third kappa shape index (κ3) is 6.36. The van der Waals surface area contributed by atoms with Gasteiger partial charge in [-0.1, -0.05) is 36.0 Å². The van der Waals surface area contributed by atoms with Gasteiger partial charge in [0.15, 0.2) is 12.3 Å². The highest BCUT2D eigenvalue weighted by Gasteiger charge is 2.61. The number of aromatic amines is 1. The van der Waals surface area contributed by atoms with Crippen LogP contribution in [0, 0.1) is 29.6 Å². The van der Waals surface area contributed by atoms with Crippen LogP contribution in [0.4, 0.5) is 0 Å². The molecule has 1 aromatic carbocycles. The molecule has 0 unspecified atom stereocenters. The highest BCUT2D eigenvalue weighted by molar-refractivity contribution is 5.75. The van der Waals surface area contributed by atoms with Gasteiger partial charge in [-0.15, -0.1) is 6.42 Å². The van der Waals surface area contributed by atoms with Gasteiger partial charge in [0.2, 0.25) is 5.60 Å². The molecule has 4 atom stereocenters. The van der Waals surface area contributed by atoms with E-state index in [1.165, 1.54) is 13.1 Å². The minimum Gasteiger partial charge on any atom is -0.462 e. The Morgan fingerprint density at radius 3 is 2.49 bits per heavy atom. The summed E-state index contributed by atoms with van der Waals surface area (Å²) in [6.07, 6.45) is 2.90. The molecule has 2 aromatic rings. The zero-order valence-electron chi connectivity index (χ0n) is 21.0. The van der Waals surface area contributed by atoms with Crippen molar-refractivity contribution in [2.75, 3.05) is 13.2 Å². The summed E-state index contributed by atoms with van der Waals surface area (Å²) in [4.78, 5) is 51.2. The number of benzene rings is 1. The number of aromatic nitrogens is 2. The fraction of sp³-hybridized carbons (Fsp3) is 0.407. The number of nitrogens with one attached hydrogen (secondary N) is 1. The maximum Gasteiger partial charge on any atom is 0.330 e. The maximum absolute atomic E-state index is 12.7. The average molecular weight is 509 g/mol. The molecule has 1 aromatic heterocycles. The van der Waals surface area contributed by atoms with Crippen LogP contribution in [-0.2, 0) is 28.5 Å². The third-order valence-electron chi connectivity index (χ3n) is 5.43. The number of hydrogen-bond acceptors (Lipinski definition) is 8. The van der Waals surface area contributed by atoms with Crippen molar-refractivity contribution in [1.29, 1.82) is 0 Å². The van der Waals surface area contributed by atoms with E-state index in [1.807, 2.05) is 6.07 Å². The SMILES string of the molecule is C#CCO[C@]1(C#Cc2ccccc2)[C@@H](COC(=O)C(C)(C)C)O[C@@H](n2ccc(=O)[nH]c2=O)[C@@H]1OC(C)=O. The smallest absolute Gasteiger partial charge is 0.330 e. The van der Waals surface area contributed by atoms with Crippen molar-refractivity contribution >= 4 is 11.9 Å². The largest absolute Gasteiger partial charge is 0.462 e.